The number of oxazole rings is 1. The summed E-state index contributed by atoms with van der Waals surface area (Å²) in [5.74, 6) is 0.602. The van der Waals surface area contributed by atoms with Crippen molar-refractivity contribution >= 4 is 17.7 Å². The molecule has 0 saturated carbocycles. The maximum atomic E-state index is 12.1. The highest BCUT2D eigenvalue weighted by Gasteiger charge is 2.14. The summed E-state index contributed by atoms with van der Waals surface area (Å²) in [6, 6.07) is 17.1. The summed E-state index contributed by atoms with van der Waals surface area (Å²) in [6.07, 6.45) is 1.59. The fourth-order valence-corrected chi connectivity index (χ4v) is 2.38. The number of rotatable bonds is 3. The van der Waals surface area contributed by atoms with Gasteiger partial charge in [-0.3, -0.25) is 5.32 Å². The molecule has 0 atom stereocenters. The number of nitrogens with one attached hydrogen (secondary N) is 2. The summed E-state index contributed by atoms with van der Waals surface area (Å²) in [5, 5.41) is 5.37. The molecule has 0 spiro atoms. The molecule has 0 aliphatic rings. The number of carbonyl (C=O) groups is 1. The van der Waals surface area contributed by atoms with Crippen LogP contribution in [-0.4, -0.2) is 11.0 Å². The minimum atomic E-state index is -0.398. The lowest BCUT2D eigenvalue weighted by molar-refractivity contribution is 0.261. The molecule has 0 aliphatic carbocycles. The smallest absolute Gasteiger partial charge is 0.327 e. The average Bonchev–Trinajstić information content (AvgIpc) is 3.03. The van der Waals surface area contributed by atoms with Gasteiger partial charge >= 0.3 is 12.0 Å². The van der Waals surface area contributed by atoms with Crippen LogP contribution in [-0.2, 0) is 5.41 Å². The summed E-state index contributed by atoms with van der Waals surface area (Å²) >= 11 is 0. The molecule has 1 heterocycles. The number of nitrogens with zero attached hydrogens (tertiary/aromatic N) is 1. The molecule has 2 N–H and O–H groups in total. The number of aromatic nitrogens is 1. The quantitative estimate of drug-likeness (QED) is 0.684. The van der Waals surface area contributed by atoms with Gasteiger partial charge < -0.3 is 9.73 Å². The van der Waals surface area contributed by atoms with Gasteiger partial charge in [-0.25, -0.2) is 9.78 Å². The molecule has 3 rings (SSSR count). The summed E-state index contributed by atoms with van der Waals surface area (Å²) in [5.41, 5.74) is 2.90. The molecular formula is C20H21N3O2. The highest BCUT2D eigenvalue weighted by atomic mass is 16.4. The zero-order valence-electron chi connectivity index (χ0n) is 14.5. The van der Waals surface area contributed by atoms with Crippen LogP contribution in [0.3, 0.4) is 0 Å². The highest BCUT2D eigenvalue weighted by Crippen LogP contribution is 2.24. The van der Waals surface area contributed by atoms with E-state index in [0.717, 1.165) is 5.56 Å². The number of amides is 2. The van der Waals surface area contributed by atoms with E-state index in [-0.39, 0.29) is 11.4 Å². The Morgan fingerprint density at radius 3 is 2.28 bits per heavy atom. The molecule has 0 fully saturated rings. The summed E-state index contributed by atoms with van der Waals surface area (Å²) in [4.78, 5) is 16.2. The van der Waals surface area contributed by atoms with Gasteiger partial charge in [0.15, 0.2) is 5.76 Å². The summed E-state index contributed by atoms with van der Waals surface area (Å²) in [7, 11) is 0. The normalized spacial score (nSPS) is 11.2. The minimum absolute atomic E-state index is 0.0761. The van der Waals surface area contributed by atoms with E-state index in [9.17, 15) is 4.79 Å². The van der Waals surface area contributed by atoms with Gasteiger partial charge in [-0.2, -0.15) is 0 Å². The Morgan fingerprint density at radius 2 is 1.64 bits per heavy atom. The van der Waals surface area contributed by atoms with Crippen LogP contribution in [0.25, 0.3) is 11.3 Å². The Labute approximate surface area is 147 Å². The molecule has 5 heteroatoms. The molecule has 2 amide bonds. The van der Waals surface area contributed by atoms with Crippen molar-refractivity contribution in [3.63, 3.8) is 0 Å². The maximum Gasteiger partial charge on any atom is 0.327 e. The van der Waals surface area contributed by atoms with Crippen LogP contribution in [0.2, 0.25) is 0 Å². The van der Waals surface area contributed by atoms with Crippen LogP contribution in [0.1, 0.15) is 26.3 Å². The lowest BCUT2D eigenvalue weighted by Gasteiger charge is -2.19. The molecule has 0 saturated heterocycles. The van der Waals surface area contributed by atoms with Crippen LogP contribution >= 0.6 is 0 Å². The first kappa shape index (κ1) is 16.8. The van der Waals surface area contributed by atoms with Crippen molar-refractivity contribution in [1.82, 2.24) is 4.98 Å². The van der Waals surface area contributed by atoms with Crippen LogP contribution in [0.5, 0.6) is 0 Å². The standard InChI is InChI=1S/C20H21N3O2/c1-20(2,3)15-9-11-16(12-10-15)22-18(24)23-19-21-13-17(25-19)14-7-5-4-6-8-14/h4-13H,1-3H3,(H2,21,22,23,24). The predicted octanol–water partition coefficient (Wildman–Crippen LogP) is 5.28. The van der Waals surface area contributed by atoms with Crippen molar-refractivity contribution in [1.29, 1.82) is 0 Å². The third-order valence-electron chi connectivity index (χ3n) is 3.79. The molecule has 0 aliphatic heterocycles. The Hall–Kier alpha value is -3.08. The molecule has 25 heavy (non-hydrogen) atoms. The second-order valence-electron chi connectivity index (χ2n) is 6.80. The van der Waals surface area contributed by atoms with Crippen molar-refractivity contribution < 1.29 is 9.21 Å². The van der Waals surface area contributed by atoms with Gasteiger partial charge in [0, 0.05) is 11.3 Å². The van der Waals surface area contributed by atoms with Crippen LogP contribution in [0.4, 0.5) is 16.5 Å². The molecule has 5 nitrogen and oxygen atoms in total. The van der Waals surface area contributed by atoms with E-state index in [2.05, 4.69) is 36.4 Å². The molecule has 0 radical (unpaired) electrons. The van der Waals surface area contributed by atoms with E-state index in [1.165, 1.54) is 5.56 Å². The Morgan fingerprint density at radius 1 is 0.960 bits per heavy atom. The van der Waals surface area contributed by atoms with Gasteiger partial charge in [0.25, 0.3) is 0 Å². The summed E-state index contributed by atoms with van der Waals surface area (Å²) < 4.78 is 5.56. The van der Waals surface area contributed by atoms with Crippen molar-refractivity contribution in [2.45, 2.75) is 26.2 Å². The largest absolute Gasteiger partial charge is 0.423 e. The second-order valence-corrected chi connectivity index (χ2v) is 6.80. The number of urea groups is 1. The van der Waals surface area contributed by atoms with E-state index in [0.29, 0.717) is 11.4 Å². The van der Waals surface area contributed by atoms with E-state index >= 15 is 0 Å². The predicted molar refractivity (Wildman–Crippen MR) is 99.7 cm³/mol. The highest BCUT2D eigenvalue weighted by molar-refractivity contribution is 5.98. The molecule has 128 valence electrons. The molecule has 2 aromatic carbocycles. The minimum Gasteiger partial charge on any atom is -0.423 e. The van der Waals surface area contributed by atoms with E-state index in [4.69, 9.17) is 4.42 Å². The average molecular weight is 335 g/mol. The van der Waals surface area contributed by atoms with Gasteiger partial charge in [0.2, 0.25) is 0 Å². The summed E-state index contributed by atoms with van der Waals surface area (Å²) in [6.45, 7) is 6.44. The number of benzene rings is 2. The van der Waals surface area contributed by atoms with Crippen molar-refractivity contribution in [3.05, 3.63) is 66.4 Å². The van der Waals surface area contributed by atoms with E-state index < -0.39 is 6.03 Å². The fourth-order valence-electron chi connectivity index (χ4n) is 2.38. The Bertz CT molecular complexity index is 847. The van der Waals surface area contributed by atoms with Crippen molar-refractivity contribution in [2.24, 2.45) is 0 Å². The van der Waals surface area contributed by atoms with Gasteiger partial charge in [0.1, 0.15) is 0 Å². The monoisotopic (exact) mass is 335 g/mol. The molecule has 3 aromatic rings. The maximum absolute atomic E-state index is 12.1. The lowest BCUT2D eigenvalue weighted by atomic mass is 9.87. The second kappa shape index (κ2) is 6.81. The molecule has 0 unspecified atom stereocenters. The fraction of sp³-hybridized carbons (Fsp3) is 0.200. The van der Waals surface area contributed by atoms with Gasteiger partial charge in [-0.05, 0) is 23.1 Å². The van der Waals surface area contributed by atoms with E-state index in [1.54, 1.807) is 6.20 Å². The van der Waals surface area contributed by atoms with Crippen LogP contribution < -0.4 is 10.6 Å². The molecule has 1 aromatic heterocycles. The zero-order chi connectivity index (χ0) is 17.9. The van der Waals surface area contributed by atoms with Crippen LogP contribution in [0, 0.1) is 0 Å². The first-order chi connectivity index (χ1) is 11.9. The van der Waals surface area contributed by atoms with Gasteiger partial charge in [0.05, 0.1) is 6.20 Å². The van der Waals surface area contributed by atoms with Gasteiger partial charge in [-0.1, -0.05) is 63.2 Å². The first-order valence-corrected chi connectivity index (χ1v) is 8.11. The Kier molecular flexibility index (Phi) is 4.57. The topological polar surface area (TPSA) is 67.2 Å². The number of carbonyl (C=O) groups excluding carboxylic acids is 1. The Balaban J connectivity index is 1.62. The SMILES string of the molecule is CC(C)(C)c1ccc(NC(=O)Nc2ncc(-c3ccccc3)o2)cc1. The van der Waals surface area contributed by atoms with Crippen LogP contribution in [0.15, 0.2) is 65.2 Å². The van der Waals surface area contributed by atoms with E-state index in [1.807, 2.05) is 54.6 Å². The lowest BCUT2D eigenvalue weighted by Crippen LogP contribution is -2.19. The third kappa shape index (κ3) is 4.26. The molecule has 0 bridgehead atoms. The van der Waals surface area contributed by atoms with Gasteiger partial charge in [-0.15, -0.1) is 0 Å². The first-order valence-electron chi connectivity index (χ1n) is 8.11. The third-order valence-corrected chi connectivity index (χ3v) is 3.79. The van der Waals surface area contributed by atoms with Crippen molar-refractivity contribution in [3.8, 4) is 11.3 Å². The zero-order valence-corrected chi connectivity index (χ0v) is 14.5. The van der Waals surface area contributed by atoms with Crippen molar-refractivity contribution in [2.75, 3.05) is 10.6 Å². The number of hydrogen-bond donors (Lipinski definition) is 2. The molecular weight excluding hydrogens is 314 g/mol. The number of anilines is 2. The number of hydrogen-bond acceptors (Lipinski definition) is 3.